The minimum absolute atomic E-state index is 0.0659. The Balaban J connectivity index is 2.15. The number of hydrogen-bond acceptors (Lipinski definition) is 5. The third kappa shape index (κ3) is 4.19. The predicted octanol–water partition coefficient (Wildman–Crippen LogP) is 4.79. The molecule has 0 saturated carbocycles. The van der Waals surface area contributed by atoms with E-state index >= 15 is 0 Å². The number of pyridine rings is 1. The summed E-state index contributed by atoms with van der Waals surface area (Å²) < 4.78 is 51.6. The van der Waals surface area contributed by atoms with Crippen LogP contribution in [-0.4, -0.2) is 34.5 Å². The topological polar surface area (TPSA) is 66.2 Å². The average molecular weight is 426 g/mol. The van der Waals surface area contributed by atoms with Crippen molar-refractivity contribution in [1.29, 1.82) is 0 Å². The van der Waals surface area contributed by atoms with Crippen molar-refractivity contribution < 1.29 is 27.4 Å². The molecule has 0 aliphatic heterocycles. The molecule has 0 fully saturated rings. The fourth-order valence-electron chi connectivity index (χ4n) is 2.72. The number of ether oxygens (including phenoxy) is 2. The average Bonchev–Trinajstić information content (AvgIpc) is 3.14. The van der Waals surface area contributed by atoms with Crippen LogP contribution in [0.4, 0.5) is 13.2 Å². The Bertz CT molecular complexity index is 1050. The van der Waals surface area contributed by atoms with Crippen molar-refractivity contribution in [3.63, 3.8) is 0 Å². The molecule has 0 bridgehead atoms. The van der Waals surface area contributed by atoms with Crippen molar-refractivity contribution in [1.82, 2.24) is 14.8 Å². The lowest BCUT2D eigenvalue weighted by molar-refractivity contribution is -0.143. The first kappa shape index (κ1) is 20.7. The normalized spacial score (nSPS) is 11.4. The van der Waals surface area contributed by atoms with Gasteiger partial charge in [0.05, 0.1) is 25.6 Å². The Hall–Kier alpha value is -3.07. The molecule has 0 atom stereocenters. The highest BCUT2D eigenvalue weighted by Crippen LogP contribution is 2.35. The molecule has 0 N–H and O–H groups in total. The van der Waals surface area contributed by atoms with Gasteiger partial charge >= 0.3 is 12.1 Å². The SMILES string of the molecule is CCOC(=O)c1cnn(-c2cccc(-c3cc(Cl)ccc3OC)n2)c1C(F)(F)F. The second-order valence-corrected chi connectivity index (χ2v) is 6.20. The number of carbonyl (C=O) groups is 1. The Labute approximate surface area is 168 Å². The van der Waals surface area contributed by atoms with E-state index in [0.29, 0.717) is 26.7 Å². The predicted molar refractivity (Wildman–Crippen MR) is 99.3 cm³/mol. The second kappa shape index (κ2) is 8.12. The maximum atomic E-state index is 13.7. The van der Waals surface area contributed by atoms with Gasteiger partial charge in [-0.05, 0) is 37.3 Å². The highest BCUT2D eigenvalue weighted by molar-refractivity contribution is 6.30. The first-order valence-corrected chi connectivity index (χ1v) is 8.77. The van der Waals surface area contributed by atoms with Gasteiger partial charge in [-0.25, -0.2) is 14.5 Å². The number of carbonyl (C=O) groups excluding carboxylic acids is 1. The van der Waals surface area contributed by atoms with Crippen LogP contribution in [-0.2, 0) is 10.9 Å². The molecule has 0 aliphatic rings. The Morgan fingerprint density at radius 1 is 1.24 bits per heavy atom. The summed E-state index contributed by atoms with van der Waals surface area (Å²) in [5.41, 5.74) is -1.14. The van der Waals surface area contributed by atoms with E-state index in [9.17, 15) is 18.0 Å². The Morgan fingerprint density at radius 2 is 2.00 bits per heavy atom. The molecule has 29 heavy (non-hydrogen) atoms. The van der Waals surface area contributed by atoms with Crippen LogP contribution in [0.15, 0.2) is 42.6 Å². The summed E-state index contributed by atoms with van der Waals surface area (Å²) >= 11 is 6.03. The fraction of sp³-hybridized carbons (Fsp3) is 0.211. The first-order chi connectivity index (χ1) is 13.8. The maximum Gasteiger partial charge on any atom is 0.434 e. The van der Waals surface area contributed by atoms with Gasteiger partial charge in [0.15, 0.2) is 11.5 Å². The highest BCUT2D eigenvalue weighted by atomic mass is 35.5. The van der Waals surface area contributed by atoms with Crippen LogP contribution in [0.5, 0.6) is 5.75 Å². The van der Waals surface area contributed by atoms with Crippen LogP contribution >= 0.6 is 11.6 Å². The van der Waals surface area contributed by atoms with E-state index in [2.05, 4.69) is 10.1 Å². The molecule has 3 rings (SSSR count). The van der Waals surface area contributed by atoms with E-state index in [4.69, 9.17) is 21.1 Å². The largest absolute Gasteiger partial charge is 0.496 e. The zero-order valence-electron chi connectivity index (χ0n) is 15.3. The molecule has 2 heterocycles. The minimum Gasteiger partial charge on any atom is -0.496 e. The Morgan fingerprint density at radius 3 is 2.66 bits per heavy atom. The number of aromatic nitrogens is 3. The summed E-state index contributed by atoms with van der Waals surface area (Å²) in [5, 5.41) is 4.14. The number of halogens is 4. The van der Waals surface area contributed by atoms with Crippen LogP contribution in [0.3, 0.4) is 0 Å². The molecule has 0 saturated heterocycles. The molecule has 1 aromatic carbocycles. The van der Waals surface area contributed by atoms with Crippen LogP contribution in [0.1, 0.15) is 23.0 Å². The molecular formula is C19H15ClF3N3O3. The lowest BCUT2D eigenvalue weighted by Crippen LogP contribution is -2.19. The summed E-state index contributed by atoms with van der Waals surface area (Å²) in [5.74, 6) is -0.797. The fourth-order valence-corrected chi connectivity index (χ4v) is 2.90. The first-order valence-electron chi connectivity index (χ1n) is 8.40. The molecule has 0 aliphatic carbocycles. The van der Waals surface area contributed by atoms with Crippen LogP contribution in [0.2, 0.25) is 5.02 Å². The van der Waals surface area contributed by atoms with E-state index in [1.165, 1.54) is 26.2 Å². The van der Waals surface area contributed by atoms with E-state index in [1.54, 1.807) is 24.3 Å². The monoisotopic (exact) mass is 425 g/mol. The van der Waals surface area contributed by atoms with E-state index in [1.807, 2.05) is 0 Å². The molecule has 3 aromatic rings. The molecule has 0 amide bonds. The maximum absolute atomic E-state index is 13.7. The quantitative estimate of drug-likeness (QED) is 0.550. The number of methoxy groups -OCH3 is 1. The van der Waals surface area contributed by atoms with E-state index in [0.717, 1.165) is 6.20 Å². The number of hydrogen-bond donors (Lipinski definition) is 0. The summed E-state index contributed by atoms with van der Waals surface area (Å²) in [6, 6.07) is 9.29. The van der Waals surface area contributed by atoms with Crippen molar-refractivity contribution in [3.8, 4) is 22.8 Å². The summed E-state index contributed by atoms with van der Waals surface area (Å²) in [6.45, 7) is 1.43. The van der Waals surface area contributed by atoms with Crippen molar-refractivity contribution in [2.24, 2.45) is 0 Å². The van der Waals surface area contributed by atoms with Crippen LogP contribution in [0, 0.1) is 0 Å². The summed E-state index contributed by atoms with van der Waals surface area (Å²) in [7, 11) is 1.46. The zero-order chi connectivity index (χ0) is 21.2. The molecule has 2 aromatic heterocycles. The van der Waals surface area contributed by atoms with Crippen LogP contribution in [0.25, 0.3) is 17.1 Å². The van der Waals surface area contributed by atoms with Crippen LogP contribution < -0.4 is 4.74 Å². The third-order valence-corrected chi connectivity index (χ3v) is 4.16. The van der Waals surface area contributed by atoms with Gasteiger partial charge in [-0.3, -0.25) is 0 Å². The lowest BCUT2D eigenvalue weighted by Gasteiger charge is -2.13. The van der Waals surface area contributed by atoms with Gasteiger partial charge in [-0.1, -0.05) is 17.7 Å². The number of nitrogens with zero attached hydrogens (tertiary/aromatic N) is 3. The van der Waals surface area contributed by atoms with Crippen molar-refractivity contribution in [3.05, 3.63) is 58.9 Å². The van der Waals surface area contributed by atoms with Gasteiger partial charge in [0.1, 0.15) is 11.3 Å². The minimum atomic E-state index is -4.86. The second-order valence-electron chi connectivity index (χ2n) is 5.76. The zero-order valence-corrected chi connectivity index (χ0v) is 16.1. The van der Waals surface area contributed by atoms with E-state index < -0.39 is 23.4 Å². The highest BCUT2D eigenvalue weighted by Gasteiger charge is 2.41. The molecule has 6 nitrogen and oxygen atoms in total. The van der Waals surface area contributed by atoms with Crippen molar-refractivity contribution >= 4 is 17.6 Å². The summed E-state index contributed by atoms with van der Waals surface area (Å²) in [6.07, 6.45) is -4.04. The molecule has 0 spiro atoms. The number of rotatable bonds is 5. The molecule has 10 heteroatoms. The summed E-state index contributed by atoms with van der Waals surface area (Å²) in [4.78, 5) is 16.2. The molecule has 152 valence electrons. The van der Waals surface area contributed by atoms with Crippen molar-refractivity contribution in [2.45, 2.75) is 13.1 Å². The molecular weight excluding hydrogens is 411 g/mol. The van der Waals surface area contributed by atoms with Crippen molar-refractivity contribution in [2.75, 3.05) is 13.7 Å². The smallest absolute Gasteiger partial charge is 0.434 e. The van der Waals surface area contributed by atoms with Gasteiger partial charge in [0, 0.05) is 10.6 Å². The van der Waals surface area contributed by atoms with Gasteiger partial charge in [-0.15, -0.1) is 0 Å². The third-order valence-electron chi connectivity index (χ3n) is 3.92. The lowest BCUT2D eigenvalue weighted by atomic mass is 10.1. The number of esters is 1. The molecule has 0 radical (unpaired) electrons. The standard InChI is InChI=1S/C19H15ClF3N3O3/c1-3-29-18(27)13-10-24-26(17(13)19(21,22)23)16-6-4-5-14(25-16)12-9-11(20)7-8-15(12)28-2/h4-10H,3H2,1-2H3. The Kier molecular flexibility index (Phi) is 5.78. The van der Waals surface area contributed by atoms with Gasteiger partial charge in [0.25, 0.3) is 0 Å². The van der Waals surface area contributed by atoms with Gasteiger partial charge in [0.2, 0.25) is 0 Å². The van der Waals surface area contributed by atoms with Gasteiger partial charge in [-0.2, -0.15) is 18.3 Å². The van der Waals surface area contributed by atoms with E-state index in [-0.39, 0.29) is 12.4 Å². The van der Waals surface area contributed by atoms with Gasteiger partial charge < -0.3 is 9.47 Å². The number of benzene rings is 1. The number of alkyl halides is 3. The molecule has 0 unspecified atom stereocenters.